The van der Waals surface area contributed by atoms with Gasteiger partial charge in [0.25, 0.3) is 0 Å². The lowest BCUT2D eigenvalue weighted by Gasteiger charge is -2.43. The Morgan fingerprint density at radius 2 is 2.17 bits per heavy atom. The molecule has 2 amide bonds. The van der Waals surface area contributed by atoms with Gasteiger partial charge in [0.1, 0.15) is 0 Å². The quantitative estimate of drug-likeness (QED) is 0.850. The van der Waals surface area contributed by atoms with E-state index in [0.717, 1.165) is 38.3 Å². The number of urea groups is 1. The molecular weight excluding hydrogens is 294 g/mol. The number of ether oxygens (including phenoxy) is 1. The van der Waals surface area contributed by atoms with Crippen molar-refractivity contribution in [1.82, 2.24) is 24.9 Å². The van der Waals surface area contributed by atoms with Crippen molar-refractivity contribution in [1.29, 1.82) is 0 Å². The zero-order valence-electron chi connectivity index (χ0n) is 14.7. The summed E-state index contributed by atoms with van der Waals surface area (Å²) >= 11 is 0. The van der Waals surface area contributed by atoms with Crippen LogP contribution < -0.4 is 5.32 Å². The molecule has 2 heterocycles. The average Bonchev–Trinajstić information content (AvgIpc) is 2.98. The van der Waals surface area contributed by atoms with Crippen LogP contribution in [0.3, 0.4) is 0 Å². The number of hydrogen-bond acceptors (Lipinski definition) is 4. The average molecular weight is 323 g/mol. The van der Waals surface area contributed by atoms with Crippen molar-refractivity contribution in [3.8, 4) is 0 Å². The number of nitrogens with zero attached hydrogens (tertiary/aromatic N) is 4. The third-order valence-corrected chi connectivity index (χ3v) is 4.68. The molecule has 0 aromatic carbocycles. The third-order valence-electron chi connectivity index (χ3n) is 4.68. The van der Waals surface area contributed by atoms with Gasteiger partial charge in [0.05, 0.1) is 26.0 Å². The number of carbonyl (C=O) groups is 1. The molecule has 1 N–H and O–H groups in total. The van der Waals surface area contributed by atoms with Gasteiger partial charge in [-0.05, 0) is 13.3 Å². The Morgan fingerprint density at radius 3 is 2.74 bits per heavy atom. The fourth-order valence-corrected chi connectivity index (χ4v) is 2.86. The zero-order chi connectivity index (χ0) is 16.9. The van der Waals surface area contributed by atoms with Gasteiger partial charge in [0.15, 0.2) is 0 Å². The van der Waals surface area contributed by atoms with Crippen LogP contribution >= 0.6 is 0 Å². The maximum absolute atomic E-state index is 12.3. The molecule has 1 saturated heterocycles. The number of amides is 2. The van der Waals surface area contributed by atoms with Gasteiger partial charge in [-0.2, -0.15) is 5.10 Å². The third kappa shape index (κ3) is 4.68. The van der Waals surface area contributed by atoms with Crippen LogP contribution in [0.15, 0.2) is 12.4 Å². The Labute approximate surface area is 138 Å². The maximum atomic E-state index is 12.3. The van der Waals surface area contributed by atoms with Crippen molar-refractivity contribution in [2.75, 3.05) is 39.9 Å². The van der Waals surface area contributed by atoms with Crippen LogP contribution in [0.25, 0.3) is 0 Å². The second-order valence-corrected chi connectivity index (χ2v) is 6.49. The molecule has 1 unspecified atom stereocenters. The SMILES string of the molecule is CCC(C)(CNC(=O)N(C)Cc1cnn(C)c1)N1CCOCC1. The second kappa shape index (κ2) is 7.79. The summed E-state index contributed by atoms with van der Waals surface area (Å²) < 4.78 is 7.17. The highest BCUT2D eigenvalue weighted by atomic mass is 16.5. The molecule has 0 bridgehead atoms. The fourth-order valence-electron chi connectivity index (χ4n) is 2.86. The van der Waals surface area contributed by atoms with Gasteiger partial charge < -0.3 is 15.0 Å². The highest BCUT2D eigenvalue weighted by Gasteiger charge is 2.31. The Kier molecular flexibility index (Phi) is 6.01. The highest BCUT2D eigenvalue weighted by Crippen LogP contribution is 2.20. The van der Waals surface area contributed by atoms with Crippen molar-refractivity contribution >= 4 is 6.03 Å². The first-order valence-electron chi connectivity index (χ1n) is 8.24. The van der Waals surface area contributed by atoms with E-state index < -0.39 is 0 Å². The largest absolute Gasteiger partial charge is 0.379 e. The van der Waals surface area contributed by atoms with Crippen molar-refractivity contribution in [3.05, 3.63) is 18.0 Å². The van der Waals surface area contributed by atoms with E-state index in [0.29, 0.717) is 13.1 Å². The Hall–Kier alpha value is -1.60. The molecule has 7 nitrogen and oxygen atoms in total. The van der Waals surface area contributed by atoms with E-state index in [1.807, 2.05) is 13.2 Å². The van der Waals surface area contributed by atoms with Crippen molar-refractivity contribution in [2.45, 2.75) is 32.4 Å². The lowest BCUT2D eigenvalue weighted by Crippen LogP contribution is -2.57. The molecule has 0 radical (unpaired) electrons. The van der Waals surface area contributed by atoms with E-state index in [2.05, 4.69) is 29.2 Å². The van der Waals surface area contributed by atoms with E-state index in [1.165, 1.54) is 0 Å². The first-order valence-corrected chi connectivity index (χ1v) is 8.24. The van der Waals surface area contributed by atoms with E-state index >= 15 is 0 Å². The molecule has 7 heteroatoms. The predicted molar refractivity (Wildman–Crippen MR) is 89.2 cm³/mol. The number of hydrogen-bond donors (Lipinski definition) is 1. The number of nitrogens with one attached hydrogen (secondary N) is 1. The van der Waals surface area contributed by atoms with Gasteiger partial charge in [0.2, 0.25) is 0 Å². The molecule has 1 aromatic heterocycles. The van der Waals surface area contributed by atoms with Crippen LogP contribution in [0, 0.1) is 0 Å². The summed E-state index contributed by atoms with van der Waals surface area (Å²) in [6.45, 7) is 8.95. The number of aryl methyl sites for hydroxylation is 1. The lowest BCUT2D eigenvalue weighted by atomic mass is 9.95. The topological polar surface area (TPSA) is 62.6 Å². The molecular formula is C16H29N5O2. The molecule has 1 fully saturated rings. The van der Waals surface area contributed by atoms with Gasteiger partial charge in [-0.3, -0.25) is 9.58 Å². The second-order valence-electron chi connectivity index (χ2n) is 6.49. The molecule has 130 valence electrons. The minimum atomic E-state index is -0.0539. The number of rotatable bonds is 6. The van der Waals surface area contributed by atoms with E-state index in [-0.39, 0.29) is 11.6 Å². The molecule has 1 aliphatic heterocycles. The summed E-state index contributed by atoms with van der Waals surface area (Å²) in [5, 5.41) is 7.20. The van der Waals surface area contributed by atoms with E-state index in [9.17, 15) is 4.79 Å². The molecule has 1 aliphatic rings. The smallest absolute Gasteiger partial charge is 0.317 e. The highest BCUT2D eigenvalue weighted by molar-refractivity contribution is 5.73. The predicted octanol–water partition coefficient (Wildman–Crippen LogP) is 1.06. The monoisotopic (exact) mass is 323 g/mol. The van der Waals surface area contributed by atoms with Crippen LogP contribution in [-0.2, 0) is 18.3 Å². The summed E-state index contributed by atoms with van der Waals surface area (Å²) in [4.78, 5) is 16.4. The fraction of sp³-hybridized carbons (Fsp3) is 0.750. The van der Waals surface area contributed by atoms with Gasteiger partial charge in [-0.15, -0.1) is 0 Å². The van der Waals surface area contributed by atoms with E-state index in [1.54, 1.807) is 22.8 Å². The number of aromatic nitrogens is 2. The van der Waals surface area contributed by atoms with Gasteiger partial charge in [0, 0.05) is 51.0 Å². The van der Waals surface area contributed by atoms with Gasteiger partial charge in [-0.1, -0.05) is 6.92 Å². The lowest BCUT2D eigenvalue weighted by molar-refractivity contribution is -0.0167. The molecule has 23 heavy (non-hydrogen) atoms. The zero-order valence-corrected chi connectivity index (χ0v) is 14.7. The maximum Gasteiger partial charge on any atom is 0.317 e. The van der Waals surface area contributed by atoms with Crippen LogP contribution in [0.5, 0.6) is 0 Å². The normalized spacial score (nSPS) is 18.4. The van der Waals surface area contributed by atoms with Gasteiger partial charge in [-0.25, -0.2) is 4.79 Å². The molecule has 0 saturated carbocycles. The number of morpholine rings is 1. The summed E-state index contributed by atoms with van der Waals surface area (Å²) in [6, 6.07) is -0.0539. The first-order chi connectivity index (χ1) is 10.9. The standard InChI is InChI=1S/C16H29N5O2/c1-5-16(2,21-6-8-23-9-7-21)13-17-15(22)19(3)11-14-10-18-20(4)12-14/h10,12H,5-9,11,13H2,1-4H3,(H,17,22). The van der Waals surface area contributed by atoms with Crippen LogP contribution in [0.2, 0.25) is 0 Å². The molecule has 2 rings (SSSR count). The first kappa shape index (κ1) is 17.7. The summed E-state index contributed by atoms with van der Waals surface area (Å²) in [7, 11) is 3.68. The van der Waals surface area contributed by atoms with Crippen LogP contribution in [0.1, 0.15) is 25.8 Å². The van der Waals surface area contributed by atoms with Crippen molar-refractivity contribution in [2.24, 2.45) is 7.05 Å². The van der Waals surface area contributed by atoms with Crippen LogP contribution in [0.4, 0.5) is 4.79 Å². The van der Waals surface area contributed by atoms with Crippen molar-refractivity contribution in [3.63, 3.8) is 0 Å². The minimum absolute atomic E-state index is 0.0332. The molecule has 0 spiro atoms. The molecule has 0 aliphatic carbocycles. The summed E-state index contributed by atoms with van der Waals surface area (Å²) in [5.41, 5.74) is 0.991. The summed E-state index contributed by atoms with van der Waals surface area (Å²) in [6.07, 6.45) is 4.70. The van der Waals surface area contributed by atoms with Crippen molar-refractivity contribution < 1.29 is 9.53 Å². The Bertz CT molecular complexity index is 512. The summed E-state index contributed by atoms with van der Waals surface area (Å²) in [5.74, 6) is 0. The van der Waals surface area contributed by atoms with E-state index in [4.69, 9.17) is 4.74 Å². The Morgan fingerprint density at radius 1 is 1.48 bits per heavy atom. The minimum Gasteiger partial charge on any atom is -0.379 e. The van der Waals surface area contributed by atoms with Gasteiger partial charge >= 0.3 is 6.03 Å². The Balaban J connectivity index is 1.85. The van der Waals surface area contributed by atoms with Crippen LogP contribution in [-0.4, -0.2) is 71.0 Å². The molecule has 1 atom stereocenters. The molecule has 1 aromatic rings. The number of carbonyl (C=O) groups excluding carboxylic acids is 1.